The summed E-state index contributed by atoms with van der Waals surface area (Å²) in [5.74, 6) is -0.736. The van der Waals surface area contributed by atoms with E-state index in [1.54, 1.807) is 0 Å². The SMILES string of the molecule is NCCCC[C@H](NC(=O)c1cccc(=O)[nH]1)C(=O)c1nc2ccccc2s1. The molecule has 4 N–H and O–H groups in total. The number of unbranched alkanes of at least 4 members (excludes halogenated alkanes) is 1. The van der Waals surface area contributed by atoms with Gasteiger partial charge in [-0.15, -0.1) is 11.3 Å². The molecule has 7 nitrogen and oxygen atoms in total. The summed E-state index contributed by atoms with van der Waals surface area (Å²) in [6.45, 7) is 0.516. The topological polar surface area (TPSA) is 118 Å². The molecule has 0 saturated heterocycles. The molecule has 140 valence electrons. The molecule has 2 heterocycles. The maximum Gasteiger partial charge on any atom is 0.268 e. The molecule has 0 unspecified atom stereocenters. The van der Waals surface area contributed by atoms with Crippen LogP contribution in [-0.2, 0) is 0 Å². The molecule has 2 aromatic heterocycles. The van der Waals surface area contributed by atoms with Crippen LogP contribution in [-0.4, -0.2) is 34.2 Å². The normalized spacial score (nSPS) is 12.0. The summed E-state index contributed by atoms with van der Waals surface area (Å²) in [6, 6.07) is 11.1. The molecule has 1 aromatic carbocycles. The van der Waals surface area contributed by atoms with E-state index in [1.807, 2.05) is 24.3 Å². The number of nitrogens with two attached hydrogens (primary N) is 1. The number of Topliss-reactive ketones (excluding diaryl/α,β-unsaturated/α-hetero) is 1. The summed E-state index contributed by atoms with van der Waals surface area (Å²) in [4.78, 5) is 43.7. The Hall–Kier alpha value is -2.84. The molecule has 0 aliphatic carbocycles. The molecule has 0 bridgehead atoms. The number of benzene rings is 1. The number of hydrogen-bond donors (Lipinski definition) is 3. The fraction of sp³-hybridized carbons (Fsp3) is 0.263. The van der Waals surface area contributed by atoms with Crippen molar-refractivity contribution in [2.45, 2.75) is 25.3 Å². The largest absolute Gasteiger partial charge is 0.340 e. The van der Waals surface area contributed by atoms with Crippen molar-refractivity contribution in [3.8, 4) is 0 Å². The van der Waals surface area contributed by atoms with Gasteiger partial charge in [0.2, 0.25) is 11.3 Å². The molecule has 3 aromatic rings. The number of carbonyl (C=O) groups excluding carboxylic acids is 2. The number of hydrogen-bond acceptors (Lipinski definition) is 6. The van der Waals surface area contributed by atoms with E-state index in [9.17, 15) is 14.4 Å². The molecular weight excluding hydrogens is 364 g/mol. The lowest BCUT2D eigenvalue weighted by Crippen LogP contribution is -2.41. The minimum absolute atomic E-state index is 0.114. The van der Waals surface area contributed by atoms with E-state index in [1.165, 1.54) is 29.5 Å². The lowest BCUT2D eigenvalue weighted by Gasteiger charge is -2.16. The maximum absolute atomic E-state index is 13.0. The molecule has 1 atom stereocenters. The Kier molecular flexibility index (Phi) is 6.10. The molecule has 0 saturated carbocycles. The van der Waals surface area contributed by atoms with Gasteiger partial charge in [0.05, 0.1) is 16.3 Å². The summed E-state index contributed by atoms with van der Waals surface area (Å²) in [5.41, 5.74) is 6.03. The first-order chi connectivity index (χ1) is 13.1. The number of ketones is 1. The zero-order chi connectivity index (χ0) is 19.2. The number of carbonyl (C=O) groups is 2. The number of rotatable bonds is 8. The Morgan fingerprint density at radius 1 is 1.15 bits per heavy atom. The van der Waals surface area contributed by atoms with E-state index >= 15 is 0 Å². The smallest absolute Gasteiger partial charge is 0.268 e. The van der Waals surface area contributed by atoms with Crippen LogP contribution >= 0.6 is 11.3 Å². The summed E-state index contributed by atoms with van der Waals surface area (Å²) < 4.78 is 0.917. The number of nitrogens with one attached hydrogen (secondary N) is 2. The predicted molar refractivity (Wildman–Crippen MR) is 105 cm³/mol. The van der Waals surface area contributed by atoms with Crippen LogP contribution in [0.4, 0.5) is 0 Å². The third-order valence-corrected chi connectivity index (χ3v) is 5.14. The Bertz CT molecular complexity index is 978. The van der Waals surface area contributed by atoms with E-state index in [-0.39, 0.29) is 17.0 Å². The average molecular weight is 384 g/mol. The molecule has 0 aliphatic heterocycles. The van der Waals surface area contributed by atoms with Crippen molar-refractivity contribution in [1.82, 2.24) is 15.3 Å². The maximum atomic E-state index is 13.0. The zero-order valence-corrected chi connectivity index (χ0v) is 15.4. The van der Waals surface area contributed by atoms with Crippen molar-refractivity contribution in [3.05, 3.63) is 63.5 Å². The zero-order valence-electron chi connectivity index (χ0n) is 14.6. The number of aromatic amines is 1. The van der Waals surface area contributed by atoms with E-state index in [4.69, 9.17) is 5.73 Å². The number of H-pyrrole nitrogens is 1. The first-order valence-electron chi connectivity index (χ1n) is 8.68. The minimum Gasteiger partial charge on any atom is -0.340 e. The lowest BCUT2D eigenvalue weighted by molar-refractivity contribution is 0.0848. The number of nitrogens with zero attached hydrogens (tertiary/aromatic N) is 1. The van der Waals surface area contributed by atoms with Crippen molar-refractivity contribution >= 4 is 33.2 Å². The Balaban J connectivity index is 1.82. The van der Waals surface area contributed by atoms with Crippen molar-refractivity contribution in [1.29, 1.82) is 0 Å². The number of para-hydroxylation sites is 1. The number of aromatic nitrogens is 2. The predicted octanol–water partition coefficient (Wildman–Crippen LogP) is 2.09. The highest BCUT2D eigenvalue weighted by Gasteiger charge is 2.25. The fourth-order valence-electron chi connectivity index (χ4n) is 2.70. The minimum atomic E-state index is -0.728. The quantitative estimate of drug-likeness (QED) is 0.406. The van der Waals surface area contributed by atoms with Crippen LogP contribution in [0.15, 0.2) is 47.3 Å². The second-order valence-corrected chi connectivity index (χ2v) is 7.12. The Morgan fingerprint density at radius 2 is 1.96 bits per heavy atom. The number of pyridine rings is 1. The first-order valence-corrected chi connectivity index (χ1v) is 9.50. The van der Waals surface area contributed by atoms with Crippen LogP contribution in [0, 0.1) is 0 Å². The van der Waals surface area contributed by atoms with Crippen LogP contribution in [0.1, 0.15) is 39.6 Å². The van der Waals surface area contributed by atoms with E-state index in [0.717, 1.165) is 16.6 Å². The average Bonchev–Trinajstić information content (AvgIpc) is 3.11. The molecule has 0 fully saturated rings. The number of fused-ring (bicyclic) bond motifs is 1. The van der Waals surface area contributed by atoms with Crippen molar-refractivity contribution in [3.63, 3.8) is 0 Å². The summed E-state index contributed by atoms with van der Waals surface area (Å²) in [7, 11) is 0. The fourth-order valence-corrected chi connectivity index (χ4v) is 3.66. The van der Waals surface area contributed by atoms with Gasteiger partial charge in [-0.25, -0.2) is 4.98 Å². The highest BCUT2D eigenvalue weighted by Crippen LogP contribution is 2.23. The molecule has 0 radical (unpaired) electrons. The van der Waals surface area contributed by atoms with Gasteiger partial charge in [0, 0.05) is 6.07 Å². The first kappa shape index (κ1) is 18.9. The van der Waals surface area contributed by atoms with Crippen LogP contribution in [0.3, 0.4) is 0 Å². The highest BCUT2D eigenvalue weighted by molar-refractivity contribution is 7.20. The van der Waals surface area contributed by atoms with Crippen LogP contribution in [0.5, 0.6) is 0 Å². The Labute approximate surface area is 159 Å². The van der Waals surface area contributed by atoms with Crippen molar-refractivity contribution in [2.75, 3.05) is 6.54 Å². The van der Waals surface area contributed by atoms with Gasteiger partial charge in [0.25, 0.3) is 5.91 Å². The van der Waals surface area contributed by atoms with E-state index < -0.39 is 11.9 Å². The van der Waals surface area contributed by atoms with Gasteiger partial charge in [-0.05, 0) is 44.0 Å². The van der Waals surface area contributed by atoms with Gasteiger partial charge in [-0.3, -0.25) is 14.4 Å². The molecular formula is C19H20N4O3S. The van der Waals surface area contributed by atoms with Gasteiger partial charge >= 0.3 is 0 Å². The van der Waals surface area contributed by atoms with Gasteiger partial charge < -0.3 is 16.0 Å². The third-order valence-electron chi connectivity index (χ3n) is 4.09. The molecule has 1 amide bonds. The van der Waals surface area contributed by atoms with Crippen molar-refractivity contribution < 1.29 is 9.59 Å². The number of amides is 1. The summed E-state index contributed by atoms with van der Waals surface area (Å²) >= 11 is 1.30. The van der Waals surface area contributed by atoms with E-state index in [0.29, 0.717) is 24.4 Å². The lowest BCUT2D eigenvalue weighted by atomic mass is 10.1. The molecule has 0 aliphatic rings. The van der Waals surface area contributed by atoms with E-state index in [2.05, 4.69) is 15.3 Å². The highest BCUT2D eigenvalue weighted by atomic mass is 32.1. The molecule has 3 rings (SSSR count). The van der Waals surface area contributed by atoms with Crippen LogP contribution in [0.25, 0.3) is 10.2 Å². The second kappa shape index (κ2) is 8.70. The molecule has 0 spiro atoms. The Morgan fingerprint density at radius 3 is 2.70 bits per heavy atom. The third kappa shape index (κ3) is 4.66. The van der Waals surface area contributed by atoms with Crippen LogP contribution in [0.2, 0.25) is 0 Å². The monoisotopic (exact) mass is 384 g/mol. The van der Waals surface area contributed by atoms with Gasteiger partial charge in [-0.2, -0.15) is 0 Å². The second-order valence-electron chi connectivity index (χ2n) is 6.09. The number of thiazole rings is 1. The summed E-state index contributed by atoms with van der Waals surface area (Å²) in [6.07, 6.45) is 1.90. The van der Waals surface area contributed by atoms with Gasteiger partial charge in [-0.1, -0.05) is 18.2 Å². The van der Waals surface area contributed by atoms with Gasteiger partial charge in [0.15, 0.2) is 5.01 Å². The summed E-state index contributed by atoms with van der Waals surface area (Å²) in [5, 5.41) is 3.09. The molecule has 8 heteroatoms. The van der Waals surface area contributed by atoms with Gasteiger partial charge in [0.1, 0.15) is 5.69 Å². The van der Waals surface area contributed by atoms with Crippen molar-refractivity contribution in [2.24, 2.45) is 5.73 Å². The molecule has 27 heavy (non-hydrogen) atoms. The standard InChI is InChI=1S/C19H20N4O3S/c20-11-4-3-7-13(22-18(26)14-8-5-10-16(24)21-14)17(25)19-23-12-6-1-2-9-15(12)27-19/h1-2,5-6,8-10,13H,3-4,7,11,20H2,(H,21,24)(H,22,26)/t13-/m0/s1. The van der Waals surface area contributed by atoms with Crippen LogP contribution < -0.4 is 16.6 Å².